The van der Waals surface area contributed by atoms with E-state index in [1.807, 2.05) is 6.92 Å². The predicted molar refractivity (Wildman–Crippen MR) is 154 cm³/mol. The maximum absolute atomic E-state index is 13.7. The van der Waals surface area contributed by atoms with Crippen LogP contribution in [-0.2, 0) is 4.79 Å². The summed E-state index contributed by atoms with van der Waals surface area (Å²) < 4.78 is 13.7. The number of aliphatic carboxylic acids is 1. The van der Waals surface area contributed by atoms with Crippen LogP contribution >= 0.6 is 34.5 Å². The van der Waals surface area contributed by atoms with E-state index >= 15 is 0 Å². The van der Waals surface area contributed by atoms with E-state index in [4.69, 9.17) is 23.2 Å². The number of hydrogen-bond donors (Lipinski definition) is 4. The third-order valence-electron chi connectivity index (χ3n) is 7.07. The average molecular weight is 593 g/mol. The first-order chi connectivity index (χ1) is 18.5. The van der Waals surface area contributed by atoms with Gasteiger partial charge in [-0.25, -0.2) is 14.0 Å². The standard InChI is InChI=1S/C28H28Cl2FN3O4S/c1-15-13-16(31)9-10-17(15)21-14-18(24(35)33-23(26(36)37)28(2)11-4-3-5-12-28)25(39-21)34-27(38)32-22-19(29)7-6-8-20(22)30/h6-10,13-14,23H,3-5,11-12H2,1-2H3,(H,33,35)(H,36,37)(H2,32,34,38)/t23-/m1/s1. The molecule has 0 radical (unpaired) electrons. The van der Waals surface area contributed by atoms with Crippen molar-refractivity contribution in [1.29, 1.82) is 0 Å². The van der Waals surface area contributed by atoms with Crippen molar-refractivity contribution in [3.63, 3.8) is 0 Å². The van der Waals surface area contributed by atoms with E-state index in [1.165, 1.54) is 12.1 Å². The number of para-hydroxylation sites is 1. The highest BCUT2D eigenvalue weighted by atomic mass is 35.5. The fourth-order valence-corrected chi connectivity index (χ4v) is 6.58. The molecule has 0 spiro atoms. The molecule has 7 nitrogen and oxygen atoms in total. The highest BCUT2D eigenvalue weighted by molar-refractivity contribution is 7.20. The first-order valence-corrected chi connectivity index (χ1v) is 14.0. The van der Waals surface area contributed by atoms with Crippen LogP contribution < -0.4 is 16.0 Å². The van der Waals surface area contributed by atoms with E-state index in [0.29, 0.717) is 28.8 Å². The van der Waals surface area contributed by atoms with Crippen molar-refractivity contribution in [3.05, 3.63) is 69.5 Å². The Morgan fingerprint density at radius 2 is 1.69 bits per heavy atom. The molecule has 1 aliphatic rings. The number of amides is 3. The Morgan fingerprint density at radius 3 is 2.31 bits per heavy atom. The maximum Gasteiger partial charge on any atom is 0.326 e. The van der Waals surface area contributed by atoms with Crippen LogP contribution in [0.15, 0.2) is 42.5 Å². The molecular formula is C28H28Cl2FN3O4S. The van der Waals surface area contributed by atoms with E-state index in [0.717, 1.165) is 30.6 Å². The summed E-state index contributed by atoms with van der Waals surface area (Å²) >= 11 is 13.5. The van der Waals surface area contributed by atoms with E-state index in [1.54, 1.807) is 37.3 Å². The van der Waals surface area contributed by atoms with Gasteiger partial charge in [-0.3, -0.25) is 10.1 Å². The number of halogens is 3. The van der Waals surface area contributed by atoms with E-state index in [9.17, 15) is 23.9 Å². The molecule has 4 N–H and O–H groups in total. The molecule has 4 rings (SSSR count). The van der Waals surface area contributed by atoms with Crippen molar-refractivity contribution >= 4 is 63.1 Å². The molecule has 1 heterocycles. The Bertz CT molecular complexity index is 1400. The largest absolute Gasteiger partial charge is 0.480 e. The monoisotopic (exact) mass is 591 g/mol. The molecule has 1 saturated carbocycles. The molecule has 0 bridgehead atoms. The number of carboxylic acid groups (broad SMARTS) is 1. The van der Waals surface area contributed by atoms with Crippen LogP contribution in [0, 0.1) is 18.2 Å². The van der Waals surface area contributed by atoms with E-state index < -0.39 is 35.2 Å². The normalized spacial score (nSPS) is 15.3. The number of anilines is 2. The zero-order chi connectivity index (χ0) is 28.3. The third kappa shape index (κ3) is 6.54. The number of carbonyl (C=O) groups excluding carboxylic acids is 2. The van der Waals surface area contributed by atoms with Crippen LogP contribution in [0.4, 0.5) is 19.9 Å². The molecule has 0 aliphatic heterocycles. The fraction of sp³-hybridized carbons (Fsp3) is 0.321. The molecule has 1 aliphatic carbocycles. The molecule has 1 atom stereocenters. The number of rotatable bonds is 7. The lowest BCUT2D eigenvalue weighted by molar-refractivity contribution is -0.143. The minimum absolute atomic E-state index is 0.0878. The smallest absolute Gasteiger partial charge is 0.326 e. The van der Waals surface area contributed by atoms with Gasteiger partial charge in [-0.05, 0) is 66.6 Å². The zero-order valence-corrected chi connectivity index (χ0v) is 23.7. The summed E-state index contributed by atoms with van der Waals surface area (Å²) in [6.45, 7) is 3.62. The number of aryl methyl sites for hydroxylation is 1. The summed E-state index contributed by atoms with van der Waals surface area (Å²) in [6.07, 6.45) is 4.17. The van der Waals surface area contributed by atoms with Crippen molar-refractivity contribution < 1.29 is 23.9 Å². The van der Waals surface area contributed by atoms with Crippen molar-refractivity contribution in [2.75, 3.05) is 10.6 Å². The Morgan fingerprint density at radius 1 is 1.03 bits per heavy atom. The summed E-state index contributed by atoms with van der Waals surface area (Å²) in [6, 6.07) is 8.82. The SMILES string of the molecule is Cc1cc(F)ccc1-c1cc(C(=O)N[C@H](C(=O)O)C2(C)CCCCC2)c(NC(=O)Nc2c(Cl)cccc2Cl)s1. The fourth-order valence-electron chi connectivity index (χ4n) is 4.94. The van der Waals surface area contributed by atoms with Crippen molar-refractivity contribution in [2.45, 2.75) is 52.0 Å². The number of carboxylic acids is 1. The second-order valence-electron chi connectivity index (χ2n) is 9.95. The number of urea groups is 1. The first-order valence-electron chi connectivity index (χ1n) is 12.4. The van der Waals surface area contributed by atoms with Gasteiger partial charge in [0.1, 0.15) is 16.9 Å². The van der Waals surface area contributed by atoms with Crippen molar-refractivity contribution in [2.24, 2.45) is 5.41 Å². The average Bonchev–Trinajstić information content (AvgIpc) is 3.28. The first kappa shape index (κ1) is 28.9. The molecule has 0 saturated heterocycles. The zero-order valence-electron chi connectivity index (χ0n) is 21.4. The highest BCUT2D eigenvalue weighted by Crippen LogP contribution is 2.41. The minimum Gasteiger partial charge on any atom is -0.480 e. The van der Waals surface area contributed by atoms with Gasteiger partial charge in [0.15, 0.2) is 0 Å². The number of benzene rings is 2. The topological polar surface area (TPSA) is 108 Å². The molecule has 206 valence electrons. The van der Waals surface area contributed by atoms with Gasteiger partial charge in [-0.15, -0.1) is 11.3 Å². The van der Waals surface area contributed by atoms with E-state index in [2.05, 4.69) is 16.0 Å². The summed E-state index contributed by atoms with van der Waals surface area (Å²) in [4.78, 5) is 39.3. The van der Waals surface area contributed by atoms with Gasteiger partial charge >= 0.3 is 12.0 Å². The van der Waals surface area contributed by atoms with Gasteiger partial charge in [0.2, 0.25) is 0 Å². The second-order valence-corrected chi connectivity index (χ2v) is 11.8. The van der Waals surface area contributed by atoms with Crippen LogP contribution in [0.3, 0.4) is 0 Å². The van der Waals surface area contributed by atoms with Gasteiger partial charge in [-0.2, -0.15) is 0 Å². The highest BCUT2D eigenvalue weighted by Gasteiger charge is 2.41. The summed E-state index contributed by atoms with van der Waals surface area (Å²) in [5.41, 5.74) is 1.00. The van der Waals surface area contributed by atoms with Crippen LogP contribution in [-0.4, -0.2) is 29.1 Å². The Balaban J connectivity index is 1.67. The molecule has 0 unspecified atom stereocenters. The van der Waals surface area contributed by atoms with Gasteiger partial charge < -0.3 is 15.7 Å². The maximum atomic E-state index is 13.7. The molecule has 3 aromatic rings. The lowest BCUT2D eigenvalue weighted by atomic mass is 9.70. The van der Waals surface area contributed by atoms with Crippen molar-refractivity contribution in [1.82, 2.24) is 5.32 Å². The number of hydrogen-bond acceptors (Lipinski definition) is 4. The lowest BCUT2D eigenvalue weighted by Gasteiger charge is -2.38. The Hall–Kier alpha value is -3.14. The summed E-state index contributed by atoms with van der Waals surface area (Å²) in [5, 5.41) is 18.6. The van der Waals surface area contributed by atoms with Crippen molar-refractivity contribution in [3.8, 4) is 10.4 Å². The van der Waals surface area contributed by atoms with E-state index in [-0.39, 0.29) is 26.3 Å². The molecule has 2 aromatic carbocycles. The molecule has 1 fully saturated rings. The molecular weight excluding hydrogens is 564 g/mol. The molecule has 39 heavy (non-hydrogen) atoms. The molecule has 3 amide bonds. The Labute approximate surface area is 239 Å². The van der Waals surface area contributed by atoms with Gasteiger partial charge in [0, 0.05) is 4.88 Å². The minimum atomic E-state index is -1.11. The lowest BCUT2D eigenvalue weighted by Crippen LogP contribution is -2.52. The van der Waals surface area contributed by atoms with Crippen LogP contribution in [0.25, 0.3) is 10.4 Å². The second kappa shape index (κ2) is 11.9. The number of thiophene rings is 1. The van der Waals surface area contributed by atoms with Crippen LogP contribution in [0.1, 0.15) is 54.9 Å². The van der Waals surface area contributed by atoms with Gasteiger partial charge in [0.25, 0.3) is 5.91 Å². The Kier molecular flexibility index (Phi) is 8.83. The van der Waals surface area contributed by atoms with Crippen LogP contribution in [0.5, 0.6) is 0 Å². The number of carbonyl (C=O) groups is 3. The van der Waals surface area contributed by atoms with Gasteiger partial charge in [-0.1, -0.05) is 61.5 Å². The van der Waals surface area contributed by atoms with Crippen LogP contribution in [0.2, 0.25) is 10.0 Å². The summed E-state index contributed by atoms with van der Waals surface area (Å²) in [7, 11) is 0. The predicted octanol–water partition coefficient (Wildman–Crippen LogP) is 7.97. The number of nitrogens with one attached hydrogen (secondary N) is 3. The van der Waals surface area contributed by atoms with Gasteiger partial charge in [0.05, 0.1) is 21.3 Å². The quantitative estimate of drug-likeness (QED) is 0.223. The molecule has 11 heteroatoms. The summed E-state index contributed by atoms with van der Waals surface area (Å²) in [5.74, 6) is -2.15. The molecule has 1 aromatic heterocycles. The third-order valence-corrected chi connectivity index (χ3v) is 8.79.